The second-order valence-electron chi connectivity index (χ2n) is 7.75. The molecule has 37 heavy (non-hydrogen) atoms. The maximum absolute atomic E-state index is 13.8. The van der Waals surface area contributed by atoms with Gasteiger partial charge in [0, 0.05) is 15.6 Å². The van der Waals surface area contributed by atoms with E-state index in [9.17, 15) is 19.2 Å². The number of fused-ring (bicyclic) bond motifs is 1. The average Bonchev–Trinajstić information content (AvgIpc) is 3.11. The first-order valence-corrected chi connectivity index (χ1v) is 12.8. The molecule has 0 unspecified atom stereocenters. The number of carbonyl (C=O) groups excluding carboxylic acids is 4. The normalized spacial score (nSPS) is 13.6. The molecular formula is C24H11Cl7N2O4. The number of amides is 3. The maximum Gasteiger partial charge on any atom is 0.282 e. The monoisotopic (exact) mass is 636 g/mol. The van der Waals surface area contributed by atoms with E-state index in [0.717, 1.165) is 0 Å². The number of ketones is 1. The molecule has 0 fully saturated rings. The smallest absolute Gasteiger partial charge is 0.282 e. The van der Waals surface area contributed by atoms with E-state index in [1.807, 2.05) is 0 Å². The zero-order chi connectivity index (χ0) is 27.3. The van der Waals surface area contributed by atoms with Gasteiger partial charge in [0.05, 0.1) is 41.8 Å². The van der Waals surface area contributed by atoms with Crippen molar-refractivity contribution >= 4 is 105 Å². The summed E-state index contributed by atoms with van der Waals surface area (Å²) in [6.07, 6.45) is 0. The van der Waals surface area contributed by atoms with Gasteiger partial charge in [0.15, 0.2) is 5.78 Å². The molecule has 3 amide bonds. The molecule has 3 aromatic carbocycles. The number of rotatable bonds is 5. The third-order valence-electron chi connectivity index (χ3n) is 5.54. The molecule has 1 atom stereocenters. The number of imide groups is 1. The van der Waals surface area contributed by atoms with E-state index < -0.39 is 29.5 Å². The molecule has 0 spiro atoms. The number of carbonyl (C=O) groups is 4. The molecule has 0 aliphatic carbocycles. The summed E-state index contributed by atoms with van der Waals surface area (Å²) in [6, 6.07) is 8.43. The van der Waals surface area contributed by atoms with E-state index >= 15 is 0 Å². The Morgan fingerprint density at radius 3 is 1.70 bits per heavy atom. The molecule has 0 saturated heterocycles. The molecule has 6 nitrogen and oxygen atoms in total. The lowest BCUT2D eigenvalue weighted by Gasteiger charge is -2.34. The Morgan fingerprint density at radius 1 is 0.730 bits per heavy atom. The summed E-state index contributed by atoms with van der Waals surface area (Å²) in [6.45, 7) is 1.34. The number of hydrazine groups is 1. The summed E-state index contributed by atoms with van der Waals surface area (Å²) in [5.41, 5.74) is -0.697. The fourth-order valence-corrected chi connectivity index (χ4v) is 5.36. The predicted octanol–water partition coefficient (Wildman–Crippen LogP) is 8.19. The second-order valence-corrected chi connectivity index (χ2v) is 10.5. The first-order chi connectivity index (χ1) is 17.4. The maximum atomic E-state index is 13.8. The Bertz CT molecular complexity index is 1460. The fraction of sp³-hybridized carbons (Fsp3) is 0.0833. The van der Waals surface area contributed by atoms with Gasteiger partial charge in [0.1, 0.15) is 6.04 Å². The Morgan fingerprint density at radius 2 is 1.22 bits per heavy atom. The number of halogens is 7. The standard InChI is InChI=1S/C24H11Cl7N2O4/c1-9(21(34)10-2-4-11(25)5-3-10)32(22(35)13-7-6-12(26)8-14(13)27)33-23(36)15-16(24(33)37)18(29)20(31)19(30)17(15)28/h2-9H,1H3/t9-/m1/s1. The molecule has 0 radical (unpaired) electrons. The van der Waals surface area contributed by atoms with Crippen molar-refractivity contribution in [3.05, 3.63) is 99.9 Å². The van der Waals surface area contributed by atoms with Crippen LogP contribution in [0.2, 0.25) is 35.2 Å². The van der Waals surface area contributed by atoms with Crippen molar-refractivity contribution in [2.24, 2.45) is 0 Å². The zero-order valence-corrected chi connectivity index (χ0v) is 23.6. The Labute approximate surface area is 245 Å². The van der Waals surface area contributed by atoms with Crippen molar-refractivity contribution < 1.29 is 19.2 Å². The van der Waals surface area contributed by atoms with Gasteiger partial charge in [0.25, 0.3) is 17.7 Å². The van der Waals surface area contributed by atoms with Gasteiger partial charge in [-0.25, -0.2) is 5.01 Å². The number of Topliss-reactive ketones (excluding diaryl/α,β-unsaturated/α-hetero) is 1. The fourth-order valence-electron chi connectivity index (χ4n) is 3.73. The van der Waals surface area contributed by atoms with E-state index in [4.69, 9.17) is 81.2 Å². The average molecular weight is 640 g/mol. The molecule has 4 rings (SSSR count). The second kappa shape index (κ2) is 10.6. The third-order valence-corrected chi connectivity index (χ3v) is 8.14. The van der Waals surface area contributed by atoms with Crippen LogP contribution in [0.3, 0.4) is 0 Å². The van der Waals surface area contributed by atoms with Crippen molar-refractivity contribution in [2.45, 2.75) is 13.0 Å². The predicted molar refractivity (Wildman–Crippen MR) is 145 cm³/mol. The highest BCUT2D eigenvalue weighted by molar-refractivity contribution is 6.55. The van der Waals surface area contributed by atoms with E-state index in [-0.39, 0.29) is 52.4 Å². The molecule has 1 aliphatic rings. The van der Waals surface area contributed by atoms with Crippen LogP contribution in [0.15, 0.2) is 42.5 Å². The van der Waals surface area contributed by atoms with Crippen molar-refractivity contribution in [3.8, 4) is 0 Å². The zero-order valence-electron chi connectivity index (χ0n) is 18.3. The van der Waals surface area contributed by atoms with Crippen LogP contribution >= 0.6 is 81.2 Å². The Hall–Kier alpha value is -2.03. The molecule has 1 aliphatic heterocycles. The van der Waals surface area contributed by atoms with E-state index in [2.05, 4.69) is 0 Å². The lowest BCUT2D eigenvalue weighted by molar-refractivity contribution is -0.00679. The minimum Gasteiger partial charge on any atom is -0.292 e. The molecular weight excluding hydrogens is 628 g/mol. The van der Waals surface area contributed by atoms with Crippen LogP contribution < -0.4 is 0 Å². The summed E-state index contributed by atoms with van der Waals surface area (Å²) in [5, 5.41) is 0.531. The van der Waals surface area contributed by atoms with Crippen LogP contribution in [0.1, 0.15) is 48.4 Å². The summed E-state index contributed by atoms with van der Waals surface area (Å²) in [5.74, 6) is -3.64. The first-order valence-electron chi connectivity index (χ1n) is 10.2. The molecule has 13 heteroatoms. The van der Waals surface area contributed by atoms with E-state index in [0.29, 0.717) is 15.0 Å². The molecule has 1 heterocycles. The highest BCUT2D eigenvalue weighted by atomic mass is 35.5. The van der Waals surface area contributed by atoms with Gasteiger partial charge >= 0.3 is 0 Å². The largest absolute Gasteiger partial charge is 0.292 e. The number of nitrogens with zero attached hydrogens (tertiary/aromatic N) is 2. The Kier molecular flexibility index (Phi) is 8.03. The number of hydrogen-bond acceptors (Lipinski definition) is 4. The molecule has 0 N–H and O–H groups in total. The molecule has 3 aromatic rings. The van der Waals surface area contributed by atoms with Crippen LogP contribution in [-0.4, -0.2) is 39.6 Å². The minimum atomic E-state index is -1.40. The molecule has 0 saturated carbocycles. The van der Waals surface area contributed by atoms with Crippen LogP contribution in [0.4, 0.5) is 0 Å². The van der Waals surface area contributed by atoms with Crippen LogP contribution in [-0.2, 0) is 0 Å². The summed E-state index contributed by atoms with van der Waals surface area (Å²) < 4.78 is 0. The van der Waals surface area contributed by atoms with Gasteiger partial charge in [-0.2, -0.15) is 5.01 Å². The lowest BCUT2D eigenvalue weighted by atomic mass is 10.0. The summed E-state index contributed by atoms with van der Waals surface area (Å²) in [7, 11) is 0. The van der Waals surface area contributed by atoms with Crippen LogP contribution in [0.25, 0.3) is 0 Å². The lowest BCUT2D eigenvalue weighted by Crippen LogP contribution is -2.56. The van der Waals surface area contributed by atoms with Gasteiger partial charge < -0.3 is 0 Å². The van der Waals surface area contributed by atoms with Gasteiger partial charge in [-0.1, -0.05) is 81.2 Å². The first kappa shape index (κ1) is 28.0. The molecule has 0 aromatic heterocycles. The summed E-state index contributed by atoms with van der Waals surface area (Å²) >= 11 is 42.8. The highest BCUT2D eigenvalue weighted by Gasteiger charge is 2.48. The van der Waals surface area contributed by atoms with Gasteiger partial charge in [-0.05, 0) is 49.4 Å². The van der Waals surface area contributed by atoms with Gasteiger partial charge in [-0.3, -0.25) is 19.2 Å². The third kappa shape index (κ3) is 4.81. The van der Waals surface area contributed by atoms with E-state index in [1.165, 1.54) is 49.4 Å². The van der Waals surface area contributed by atoms with Crippen molar-refractivity contribution in [3.63, 3.8) is 0 Å². The SMILES string of the molecule is C[C@H](C(=O)c1ccc(Cl)cc1)N(C(=O)c1ccc(Cl)cc1Cl)N1C(=O)c2c(Cl)c(Cl)c(Cl)c(Cl)c2C1=O. The highest BCUT2D eigenvalue weighted by Crippen LogP contribution is 2.45. The van der Waals surface area contributed by atoms with Gasteiger partial charge in [-0.15, -0.1) is 0 Å². The number of benzene rings is 3. The number of hydrogen-bond donors (Lipinski definition) is 0. The quantitative estimate of drug-likeness (QED) is 0.122. The minimum absolute atomic E-state index is 0.0765. The summed E-state index contributed by atoms with van der Waals surface area (Å²) in [4.78, 5) is 54.3. The van der Waals surface area contributed by atoms with Crippen LogP contribution in [0.5, 0.6) is 0 Å². The van der Waals surface area contributed by atoms with Crippen molar-refractivity contribution in [2.75, 3.05) is 0 Å². The molecule has 0 bridgehead atoms. The van der Waals surface area contributed by atoms with E-state index in [1.54, 1.807) is 0 Å². The topological polar surface area (TPSA) is 74.8 Å². The van der Waals surface area contributed by atoms with Crippen LogP contribution in [0, 0.1) is 0 Å². The Balaban J connectivity index is 1.89. The molecule has 190 valence electrons. The van der Waals surface area contributed by atoms with Gasteiger partial charge in [0.2, 0.25) is 0 Å². The van der Waals surface area contributed by atoms with Crippen molar-refractivity contribution in [1.82, 2.24) is 10.0 Å². The van der Waals surface area contributed by atoms with Crippen molar-refractivity contribution in [1.29, 1.82) is 0 Å².